The molecule has 0 bridgehead atoms. The summed E-state index contributed by atoms with van der Waals surface area (Å²) in [6.07, 6.45) is 1.78. The molecule has 0 unspecified atom stereocenters. The van der Waals surface area contributed by atoms with Crippen molar-refractivity contribution < 1.29 is 4.79 Å². The van der Waals surface area contributed by atoms with Crippen LogP contribution >= 0.6 is 22.7 Å². The molecule has 1 aromatic carbocycles. The first-order valence-corrected chi connectivity index (χ1v) is 9.40. The Morgan fingerprint density at radius 3 is 2.43 bits per heavy atom. The number of hydrogen-bond donors (Lipinski definition) is 1. The van der Waals surface area contributed by atoms with E-state index in [0.29, 0.717) is 5.69 Å². The van der Waals surface area contributed by atoms with E-state index in [9.17, 15) is 4.79 Å². The Kier molecular flexibility index (Phi) is 4.88. The van der Waals surface area contributed by atoms with Gasteiger partial charge in [-0.2, -0.15) is 0 Å². The lowest BCUT2D eigenvalue weighted by atomic mass is 10.0. The number of aromatic nitrogens is 1. The zero-order valence-corrected chi connectivity index (χ0v) is 14.8. The molecule has 0 spiro atoms. The number of thiophene rings is 1. The van der Waals surface area contributed by atoms with Crippen LogP contribution in [-0.2, 0) is 12.8 Å². The third-order valence-electron chi connectivity index (χ3n) is 3.71. The second kappa shape index (κ2) is 7.06. The van der Waals surface area contributed by atoms with Crippen LogP contribution in [0, 0.1) is 0 Å². The van der Waals surface area contributed by atoms with Gasteiger partial charge in [-0.25, -0.2) is 4.98 Å². The maximum absolute atomic E-state index is 12.6. The van der Waals surface area contributed by atoms with Crippen molar-refractivity contribution in [1.82, 2.24) is 4.98 Å². The SMILES string of the molecule is CCc1cccc(CC)c1NC(=O)c1csc(-c2cccs2)n1. The predicted octanol–water partition coefficient (Wildman–Crippen LogP) is 5.25. The average molecular weight is 342 g/mol. The fraction of sp³-hybridized carbons (Fsp3) is 0.222. The Hall–Kier alpha value is -1.98. The number of amides is 1. The summed E-state index contributed by atoms with van der Waals surface area (Å²) >= 11 is 3.14. The van der Waals surface area contributed by atoms with Gasteiger partial charge in [0.25, 0.3) is 5.91 Å². The van der Waals surface area contributed by atoms with Crippen molar-refractivity contribution in [2.45, 2.75) is 26.7 Å². The minimum Gasteiger partial charge on any atom is -0.320 e. The van der Waals surface area contributed by atoms with E-state index in [-0.39, 0.29) is 5.91 Å². The number of aryl methyl sites for hydroxylation is 2. The molecule has 23 heavy (non-hydrogen) atoms. The van der Waals surface area contributed by atoms with Gasteiger partial charge in [-0.1, -0.05) is 38.1 Å². The third-order valence-corrected chi connectivity index (χ3v) is 5.59. The lowest BCUT2D eigenvalue weighted by molar-refractivity contribution is 0.102. The molecule has 0 aliphatic rings. The second-order valence-corrected chi connectivity index (χ2v) is 6.93. The van der Waals surface area contributed by atoms with Crippen LogP contribution in [-0.4, -0.2) is 10.9 Å². The van der Waals surface area contributed by atoms with Crippen LogP contribution in [0.15, 0.2) is 41.1 Å². The zero-order chi connectivity index (χ0) is 16.2. The number of nitrogens with zero attached hydrogens (tertiary/aromatic N) is 1. The van der Waals surface area contributed by atoms with E-state index in [1.165, 1.54) is 11.3 Å². The summed E-state index contributed by atoms with van der Waals surface area (Å²) < 4.78 is 0. The highest BCUT2D eigenvalue weighted by Gasteiger charge is 2.15. The van der Waals surface area contributed by atoms with Crippen molar-refractivity contribution in [2.75, 3.05) is 5.32 Å². The zero-order valence-electron chi connectivity index (χ0n) is 13.1. The molecule has 0 saturated carbocycles. The van der Waals surface area contributed by atoms with Crippen molar-refractivity contribution >= 4 is 34.3 Å². The Morgan fingerprint density at radius 1 is 1.09 bits per heavy atom. The molecule has 2 aromatic heterocycles. The van der Waals surface area contributed by atoms with Crippen LogP contribution < -0.4 is 5.32 Å². The molecule has 0 aliphatic heterocycles. The molecule has 1 amide bonds. The monoisotopic (exact) mass is 342 g/mol. The van der Waals surface area contributed by atoms with E-state index >= 15 is 0 Å². The van der Waals surface area contributed by atoms with Gasteiger partial charge < -0.3 is 5.32 Å². The van der Waals surface area contributed by atoms with E-state index in [2.05, 4.69) is 36.3 Å². The van der Waals surface area contributed by atoms with Gasteiger partial charge in [0.1, 0.15) is 10.7 Å². The first kappa shape index (κ1) is 15.9. The normalized spacial score (nSPS) is 10.7. The lowest BCUT2D eigenvalue weighted by Gasteiger charge is -2.13. The summed E-state index contributed by atoms with van der Waals surface area (Å²) in [6, 6.07) is 10.2. The van der Waals surface area contributed by atoms with Gasteiger partial charge in [0.15, 0.2) is 0 Å². The van der Waals surface area contributed by atoms with Crippen molar-refractivity contribution in [3.63, 3.8) is 0 Å². The summed E-state index contributed by atoms with van der Waals surface area (Å²) in [5.74, 6) is -0.139. The maximum Gasteiger partial charge on any atom is 0.275 e. The molecule has 0 atom stereocenters. The fourth-order valence-electron chi connectivity index (χ4n) is 2.47. The molecule has 1 N–H and O–H groups in total. The summed E-state index contributed by atoms with van der Waals surface area (Å²) in [6.45, 7) is 4.20. The second-order valence-electron chi connectivity index (χ2n) is 5.13. The molecule has 0 aliphatic carbocycles. The molecule has 2 heterocycles. The number of hydrogen-bond acceptors (Lipinski definition) is 4. The standard InChI is InChI=1S/C18H18N2OS2/c1-3-12-7-5-8-13(4-2)16(12)20-17(21)14-11-23-18(19-14)15-9-6-10-22-15/h5-11H,3-4H2,1-2H3,(H,20,21). The van der Waals surface area contributed by atoms with Crippen LogP contribution in [0.4, 0.5) is 5.69 Å². The highest BCUT2D eigenvalue weighted by atomic mass is 32.1. The van der Waals surface area contributed by atoms with Gasteiger partial charge >= 0.3 is 0 Å². The van der Waals surface area contributed by atoms with Crippen molar-refractivity contribution in [1.29, 1.82) is 0 Å². The van der Waals surface area contributed by atoms with Crippen molar-refractivity contribution in [2.24, 2.45) is 0 Å². The molecule has 118 valence electrons. The van der Waals surface area contributed by atoms with Crippen molar-refractivity contribution in [3.8, 4) is 9.88 Å². The molecule has 5 heteroatoms. The van der Waals surface area contributed by atoms with E-state index in [1.54, 1.807) is 11.3 Å². The largest absolute Gasteiger partial charge is 0.320 e. The number of rotatable bonds is 5. The van der Waals surface area contributed by atoms with E-state index in [0.717, 1.165) is 39.5 Å². The Bertz CT molecular complexity index is 784. The quantitative estimate of drug-likeness (QED) is 0.688. The van der Waals surface area contributed by atoms with Gasteiger partial charge in [0.2, 0.25) is 0 Å². The lowest BCUT2D eigenvalue weighted by Crippen LogP contribution is -2.15. The summed E-state index contributed by atoms with van der Waals surface area (Å²) in [4.78, 5) is 18.1. The molecule has 3 rings (SSSR count). The van der Waals surface area contributed by atoms with Gasteiger partial charge in [-0.05, 0) is 35.4 Å². The number of para-hydroxylation sites is 1. The molecule has 3 aromatic rings. The van der Waals surface area contributed by atoms with E-state index in [4.69, 9.17) is 0 Å². The minimum absolute atomic E-state index is 0.139. The minimum atomic E-state index is -0.139. The number of carbonyl (C=O) groups excluding carboxylic acids is 1. The smallest absolute Gasteiger partial charge is 0.275 e. The summed E-state index contributed by atoms with van der Waals surface area (Å²) in [7, 11) is 0. The number of benzene rings is 1. The van der Waals surface area contributed by atoms with E-state index in [1.807, 2.05) is 29.0 Å². The van der Waals surface area contributed by atoms with Crippen LogP contribution in [0.3, 0.4) is 0 Å². The molecule has 0 fully saturated rings. The topological polar surface area (TPSA) is 42.0 Å². The van der Waals surface area contributed by atoms with Gasteiger partial charge in [0, 0.05) is 11.1 Å². The maximum atomic E-state index is 12.6. The number of thiazole rings is 1. The number of nitrogens with one attached hydrogen (secondary N) is 1. The number of carbonyl (C=O) groups is 1. The Balaban J connectivity index is 1.85. The van der Waals surface area contributed by atoms with Crippen LogP contribution in [0.5, 0.6) is 0 Å². The average Bonchev–Trinajstić information content (AvgIpc) is 3.25. The first-order chi connectivity index (χ1) is 11.2. The predicted molar refractivity (Wildman–Crippen MR) is 98.6 cm³/mol. The Morgan fingerprint density at radius 2 is 1.83 bits per heavy atom. The molecule has 3 nitrogen and oxygen atoms in total. The summed E-state index contributed by atoms with van der Waals surface area (Å²) in [5.41, 5.74) is 3.73. The molecular formula is C18H18N2OS2. The number of anilines is 1. The van der Waals surface area contributed by atoms with Gasteiger partial charge in [-0.3, -0.25) is 4.79 Å². The van der Waals surface area contributed by atoms with E-state index < -0.39 is 0 Å². The fourth-order valence-corrected chi connectivity index (χ4v) is 4.09. The Labute approximate surface area is 144 Å². The molecular weight excluding hydrogens is 324 g/mol. The summed E-state index contributed by atoms with van der Waals surface area (Å²) in [5, 5.41) is 7.80. The highest BCUT2D eigenvalue weighted by Crippen LogP contribution is 2.29. The van der Waals surface area contributed by atoms with Crippen LogP contribution in [0.25, 0.3) is 9.88 Å². The molecule has 0 saturated heterocycles. The van der Waals surface area contributed by atoms with Gasteiger partial charge in [0.05, 0.1) is 4.88 Å². The van der Waals surface area contributed by atoms with Crippen molar-refractivity contribution in [3.05, 3.63) is 57.9 Å². The third kappa shape index (κ3) is 3.35. The highest BCUT2D eigenvalue weighted by molar-refractivity contribution is 7.20. The molecule has 0 radical (unpaired) electrons. The first-order valence-electron chi connectivity index (χ1n) is 7.64. The van der Waals surface area contributed by atoms with Crippen LogP contribution in [0.2, 0.25) is 0 Å². The van der Waals surface area contributed by atoms with Crippen LogP contribution in [0.1, 0.15) is 35.5 Å². The van der Waals surface area contributed by atoms with Gasteiger partial charge in [-0.15, -0.1) is 22.7 Å².